The Morgan fingerprint density at radius 2 is 1.41 bits per heavy atom. The molecule has 0 saturated heterocycles. The molecule has 3 heteroatoms. The quantitative estimate of drug-likeness (QED) is 0.793. The molecule has 2 nitrogen and oxygen atoms in total. The lowest BCUT2D eigenvalue weighted by Crippen LogP contribution is -1.93. The highest BCUT2D eigenvalue weighted by Gasteiger charge is 2.01. The van der Waals surface area contributed by atoms with E-state index >= 15 is 0 Å². The van der Waals surface area contributed by atoms with Crippen molar-refractivity contribution in [1.29, 1.82) is 0 Å². The molecular weight excluding hydrogens is 228 g/mol. The van der Waals surface area contributed by atoms with Crippen molar-refractivity contribution < 1.29 is 0 Å². The zero-order chi connectivity index (χ0) is 12.4. The Labute approximate surface area is 106 Å². The van der Waals surface area contributed by atoms with Gasteiger partial charge >= 0.3 is 0 Å². The second-order valence-electron chi connectivity index (χ2n) is 4.14. The molecule has 0 aliphatic heterocycles. The van der Waals surface area contributed by atoms with Crippen LogP contribution in [0.2, 0.25) is 0 Å². The Kier molecular flexibility index (Phi) is 3.29. The summed E-state index contributed by atoms with van der Waals surface area (Å²) in [7, 11) is 0. The van der Waals surface area contributed by atoms with Crippen LogP contribution in [0.25, 0.3) is 0 Å². The molecule has 0 aliphatic rings. The van der Waals surface area contributed by atoms with Gasteiger partial charge in [0.2, 0.25) is 0 Å². The van der Waals surface area contributed by atoms with Crippen molar-refractivity contribution in [3.8, 4) is 0 Å². The molecule has 0 spiro atoms. The van der Waals surface area contributed by atoms with E-state index in [1.54, 1.807) is 11.8 Å². The lowest BCUT2D eigenvalue weighted by molar-refractivity contribution is 1.27. The van der Waals surface area contributed by atoms with Gasteiger partial charge in [0.1, 0.15) is 0 Å². The van der Waals surface area contributed by atoms with Crippen LogP contribution in [0.15, 0.2) is 46.2 Å². The molecule has 0 atom stereocenters. The second kappa shape index (κ2) is 4.72. The minimum Gasteiger partial charge on any atom is -0.397 e. The second-order valence-corrected chi connectivity index (χ2v) is 5.29. The molecule has 0 aliphatic carbocycles. The van der Waals surface area contributed by atoms with Gasteiger partial charge in [0.15, 0.2) is 0 Å². The molecule has 4 N–H and O–H groups in total. The Hall–Kier alpha value is -1.61. The van der Waals surface area contributed by atoms with Crippen LogP contribution in [0, 0.1) is 13.8 Å². The molecule has 0 aromatic heterocycles. The van der Waals surface area contributed by atoms with Gasteiger partial charge in [0.25, 0.3) is 0 Å². The van der Waals surface area contributed by atoms with Crippen molar-refractivity contribution >= 4 is 23.1 Å². The van der Waals surface area contributed by atoms with E-state index in [9.17, 15) is 0 Å². The maximum Gasteiger partial charge on any atom is 0.0559 e. The van der Waals surface area contributed by atoms with Gasteiger partial charge in [-0.15, -0.1) is 0 Å². The highest BCUT2D eigenvalue weighted by molar-refractivity contribution is 7.99. The highest BCUT2D eigenvalue weighted by atomic mass is 32.2. The average Bonchev–Trinajstić information content (AvgIpc) is 2.29. The summed E-state index contributed by atoms with van der Waals surface area (Å²) in [6.45, 7) is 4.24. The summed E-state index contributed by atoms with van der Waals surface area (Å²) in [6.07, 6.45) is 0. The van der Waals surface area contributed by atoms with Gasteiger partial charge in [-0.3, -0.25) is 0 Å². The van der Waals surface area contributed by atoms with E-state index in [2.05, 4.69) is 32.0 Å². The fourth-order valence-corrected chi connectivity index (χ4v) is 2.50. The molecule has 0 fully saturated rings. The third-order valence-electron chi connectivity index (χ3n) is 2.77. The summed E-state index contributed by atoms with van der Waals surface area (Å²) in [5, 5.41) is 0. The molecule has 0 radical (unpaired) electrons. The Balaban J connectivity index is 2.25. The van der Waals surface area contributed by atoms with Gasteiger partial charge in [0.05, 0.1) is 11.4 Å². The van der Waals surface area contributed by atoms with E-state index in [4.69, 9.17) is 11.5 Å². The van der Waals surface area contributed by atoms with E-state index in [0.717, 1.165) is 4.90 Å². The zero-order valence-corrected chi connectivity index (χ0v) is 10.8. The van der Waals surface area contributed by atoms with Crippen LogP contribution in [0.3, 0.4) is 0 Å². The number of aryl methyl sites for hydroxylation is 2. The van der Waals surface area contributed by atoms with Crippen LogP contribution in [0.5, 0.6) is 0 Å². The van der Waals surface area contributed by atoms with Crippen molar-refractivity contribution in [3.05, 3.63) is 47.5 Å². The first kappa shape index (κ1) is 11.9. The first-order valence-corrected chi connectivity index (χ1v) is 6.28. The Morgan fingerprint density at radius 1 is 0.765 bits per heavy atom. The molecular formula is C14H16N2S. The average molecular weight is 244 g/mol. The van der Waals surface area contributed by atoms with Gasteiger partial charge < -0.3 is 11.5 Å². The maximum atomic E-state index is 5.79. The third-order valence-corrected chi connectivity index (χ3v) is 3.75. The minimum atomic E-state index is 0.634. The number of rotatable bonds is 2. The summed E-state index contributed by atoms with van der Waals surface area (Å²) in [5.41, 5.74) is 15.4. The number of anilines is 2. The van der Waals surface area contributed by atoms with Crippen LogP contribution < -0.4 is 11.5 Å². The van der Waals surface area contributed by atoms with Gasteiger partial charge in [-0.2, -0.15) is 0 Å². The van der Waals surface area contributed by atoms with Gasteiger partial charge in [-0.05, 0) is 55.3 Å². The molecule has 2 aromatic carbocycles. The molecule has 0 heterocycles. The summed E-state index contributed by atoms with van der Waals surface area (Å²) in [6, 6.07) is 12.2. The van der Waals surface area contributed by atoms with Crippen molar-refractivity contribution in [2.45, 2.75) is 23.6 Å². The van der Waals surface area contributed by atoms with E-state index in [-0.39, 0.29) is 0 Å². The number of hydrogen-bond acceptors (Lipinski definition) is 3. The summed E-state index contributed by atoms with van der Waals surface area (Å²) >= 11 is 1.70. The molecule has 0 saturated carbocycles. The topological polar surface area (TPSA) is 52.0 Å². The SMILES string of the molecule is Cc1ccc(Sc2ccc(N)c(N)c2)cc1C. The maximum absolute atomic E-state index is 5.79. The number of hydrogen-bond donors (Lipinski definition) is 2. The predicted octanol–water partition coefficient (Wildman–Crippen LogP) is 3.62. The van der Waals surface area contributed by atoms with Crippen LogP contribution in [0.4, 0.5) is 11.4 Å². The van der Waals surface area contributed by atoms with Crippen LogP contribution >= 0.6 is 11.8 Å². The standard InChI is InChI=1S/C14H16N2S/c1-9-3-4-11(7-10(9)2)17-12-5-6-13(15)14(16)8-12/h3-8H,15-16H2,1-2H3. The van der Waals surface area contributed by atoms with Crippen LogP contribution in [0.1, 0.15) is 11.1 Å². The smallest absolute Gasteiger partial charge is 0.0559 e. The molecule has 0 unspecified atom stereocenters. The van der Waals surface area contributed by atoms with Crippen molar-refractivity contribution in [2.24, 2.45) is 0 Å². The van der Waals surface area contributed by atoms with Crippen LogP contribution in [-0.4, -0.2) is 0 Å². The summed E-state index contributed by atoms with van der Waals surface area (Å²) < 4.78 is 0. The molecule has 2 aromatic rings. The normalized spacial score (nSPS) is 10.5. The minimum absolute atomic E-state index is 0.634. The zero-order valence-electron chi connectivity index (χ0n) is 10.0. The molecule has 17 heavy (non-hydrogen) atoms. The molecule has 0 amide bonds. The molecule has 88 valence electrons. The summed E-state index contributed by atoms with van der Waals surface area (Å²) in [5.74, 6) is 0. The first-order chi connectivity index (χ1) is 8.06. The van der Waals surface area contributed by atoms with Crippen LogP contribution in [-0.2, 0) is 0 Å². The van der Waals surface area contributed by atoms with E-state index < -0.39 is 0 Å². The highest BCUT2D eigenvalue weighted by Crippen LogP contribution is 2.31. The molecule has 2 rings (SSSR count). The van der Waals surface area contributed by atoms with Crippen molar-refractivity contribution in [2.75, 3.05) is 11.5 Å². The lowest BCUT2D eigenvalue weighted by atomic mass is 10.1. The fourth-order valence-electron chi connectivity index (χ4n) is 1.53. The summed E-state index contributed by atoms with van der Waals surface area (Å²) in [4.78, 5) is 2.33. The Bertz CT molecular complexity index is 500. The largest absolute Gasteiger partial charge is 0.397 e. The Morgan fingerprint density at radius 3 is 2.06 bits per heavy atom. The van der Waals surface area contributed by atoms with Crippen molar-refractivity contribution in [3.63, 3.8) is 0 Å². The van der Waals surface area contributed by atoms with Gasteiger partial charge in [-0.25, -0.2) is 0 Å². The van der Waals surface area contributed by atoms with Crippen molar-refractivity contribution in [1.82, 2.24) is 0 Å². The van der Waals surface area contributed by atoms with E-state index in [1.807, 2.05) is 18.2 Å². The number of nitrogen functional groups attached to an aromatic ring is 2. The monoisotopic (exact) mass is 244 g/mol. The third kappa shape index (κ3) is 2.74. The fraction of sp³-hybridized carbons (Fsp3) is 0.143. The lowest BCUT2D eigenvalue weighted by Gasteiger charge is -2.07. The van der Waals surface area contributed by atoms with Gasteiger partial charge in [0, 0.05) is 9.79 Å². The number of benzene rings is 2. The van der Waals surface area contributed by atoms with E-state index in [1.165, 1.54) is 16.0 Å². The molecule has 0 bridgehead atoms. The predicted molar refractivity (Wildman–Crippen MR) is 75.3 cm³/mol. The van der Waals surface area contributed by atoms with E-state index in [0.29, 0.717) is 11.4 Å². The first-order valence-electron chi connectivity index (χ1n) is 5.46. The number of nitrogens with two attached hydrogens (primary N) is 2. The van der Waals surface area contributed by atoms with Gasteiger partial charge in [-0.1, -0.05) is 17.8 Å².